The second kappa shape index (κ2) is 6.56. The number of nitrogens with one attached hydrogen (secondary N) is 1. The normalized spacial score (nSPS) is 15.3. The summed E-state index contributed by atoms with van der Waals surface area (Å²) in [7, 11) is 4.40. The lowest BCUT2D eigenvalue weighted by Crippen LogP contribution is -2.22. The highest BCUT2D eigenvalue weighted by molar-refractivity contribution is 5.99. The molecule has 1 amide bonds. The van der Waals surface area contributed by atoms with Gasteiger partial charge in [-0.05, 0) is 35.9 Å². The number of fused-ring (bicyclic) bond motifs is 2. The van der Waals surface area contributed by atoms with Crippen molar-refractivity contribution in [2.45, 2.75) is 6.04 Å². The lowest BCUT2D eigenvalue weighted by molar-refractivity contribution is 0.0937. The summed E-state index contributed by atoms with van der Waals surface area (Å²) in [6.07, 6.45) is 0. The summed E-state index contributed by atoms with van der Waals surface area (Å²) in [4.78, 5) is 25.5. The molecule has 0 saturated carbocycles. The molecule has 8 heteroatoms. The number of carbonyl (C=O) groups excluding carboxylic acids is 1. The fourth-order valence-electron chi connectivity index (χ4n) is 3.40. The monoisotopic (exact) mass is 385 g/mol. The molecule has 4 rings (SSSR count). The van der Waals surface area contributed by atoms with Gasteiger partial charge in [0.2, 0.25) is 11.5 Å². The van der Waals surface area contributed by atoms with E-state index in [4.69, 9.17) is 18.6 Å². The lowest BCUT2D eigenvalue weighted by atomic mass is 9.98. The van der Waals surface area contributed by atoms with E-state index in [2.05, 4.69) is 5.32 Å². The minimum Gasteiger partial charge on any atom is -0.493 e. The molecular formula is C20H16FNO6. The molecule has 0 spiro atoms. The Morgan fingerprint density at radius 2 is 1.68 bits per heavy atom. The van der Waals surface area contributed by atoms with Crippen LogP contribution in [0.3, 0.4) is 0 Å². The van der Waals surface area contributed by atoms with E-state index in [1.54, 1.807) is 12.1 Å². The highest BCUT2D eigenvalue weighted by atomic mass is 19.1. The number of benzene rings is 2. The quantitative estimate of drug-likeness (QED) is 0.743. The first kappa shape index (κ1) is 17.8. The second-order valence-electron chi connectivity index (χ2n) is 6.18. The Morgan fingerprint density at radius 1 is 1.00 bits per heavy atom. The molecule has 1 N–H and O–H groups in total. The lowest BCUT2D eigenvalue weighted by Gasteiger charge is -2.17. The van der Waals surface area contributed by atoms with Crippen LogP contribution in [-0.2, 0) is 0 Å². The molecule has 1 aliphatic rings. The number of methoxy groups -OCH3 is 3. The third-order valence-corrected chi connectivity index (χ3v) is 4.68. The first-order chi connectivity index (χ1) is 13.5. The number of hydrogen-bond acceptors (Lipinski definition) is 6. The second-order valence-corrected chi connectivity index (χ2v) is 6.18. The van der Waals surface area contributed by atoms with E-state index in [1.807, 2.05) is 0 Å². The van der Waals surface area contributed by atoms with Gasteiger partial charge in [-0.25, -0.2) is 4.39 Å². The molecule has 0 aliphatic carbocycles. The molecule has 1 aliphatic heterocycles. The van der Waals surface area contributed by atoms with Crippen molar-refractivity contribution < 1.29 is 27.8 Å². The first-order valence-corrected chi connectivity index (χ1v) is 8.35. The van der Waals surface area contributed by atoms with Crippen LogP contribution >= 0.6 is 0 Å². The zero-order valence-corrected chi connectivity index (χ0v) is 15.3. The number of rotatable bonds is 4. The van der Waals surface area contributed by atoms with Crippen LogP contribution in [0, 0.1) is 5.82 Å². The van der Waals surface area contributed by atoms with Crippen LogP contribution in [0.5, 0.6) is 17.2 Å². The highest BCUT2D eigenvalue weighted by Crippen LogP contribution is 2.42. The molecule has 0 bridgehead atoms. The zero-order chi connectivity index (χ0) is 20.0. The van der Waals surface area contributed by atoms with Gasteiger partial charge in [0.05, 0.1) is 38.3 Å². The van der Waals surface area contributed by atoms with Crippen molar-refractivity contribution in [2.75, 3.05) is 21.3 Å². The molecule has 2 aromatic carbocycles. The van der Waals surface area contributed by atoms with Crippen molar-refractivity contribution in [1.82, 2.24) is 5.32 Å². The van der Waals surface area contributed by atoms with Crippen molar-refractivity contribution in [3.8, 4) is 17.2 Å². The maximum atomic E-state index is 13.6. The van der Waals surface area contributed by atoms with Crippen LogP contribution < -0.4 is 25.0 Å². The Bertz CT molecular complexity index is 1140. The average Bonchev–Trinajstić information content (AvgIpc) is 3.04. The third-order valence-electron chi connectivity index (χ3n) is 4.68. The summed E-state index contributed by atoms with van der Waals surface area (Å²) in [5, 5.41) is 2.79. The van der Waals surface area contributed by atoms with Crippen molar-refractivity contribution in [1.29, 1.82) is 0 Å². The van der Waals surface area contributed by atoms with Gasteiger partial charge in [0.1, 0.15) is 11.4 Å². The Morgan fingerprint density at radius 3 is 2.29 bits per heavy atom. The Kier molecular flexibility index (Phi) is 4.18. The number of halogens is 1. The first-order valence-electron chi connectivity index (χ1n) is 8.35. The summed E-state index contributed by atoms with van der Waals surface area (Å²) in [5.41, 5.74) is 0.306. The van der Waals surface area contributed by atoms with Gasteiger partial charge in [-0.2, -0.15) is 0 Å². The molecule has 0 saturated heterocycles. The largest absolute Gasteiger partial charge is 0.493 e. The predicted octanol–water partition coefficient (Wildman–Crippen LogP) is 2.79. The molecule has 7 nitrogen and oxygen atoms in total. The van der Waals surface area contributed by atoms with Crippen LogP contribution in [-0.4, -0.2) is 27.2 Å². The maximum Gasteiger partial charge on any atom is 0.288 e. The molecule has 3 aromatic rings. The molecule has 2 heterocycles. The van der Waals surface area contributed by atoms with Gasteiger partial charge in [-0.15, -0.1) is 0 Å². The molecular weight excluding hydrogens is 369 g/mol. The van der Waals surface area contributed by atoms with Gasteiger partial charge in [0, 0.05) is 0 Å². The molecule has 1 aromatic heterocycles. The van der Waals surface area contributed by atoms with Crippen LogP contribution in [0.4, 0.5) is 4.39 Å². The van der Waals surface area contributed by atoms with Crippen molar-refractivity contribution >= 4 is 16.9 Å². The van der Waals surface area contributed by atoms with Gasteiger partial charge < -0.3 is 23.9 Å². The van der Waals surface area contributed by atoms with Crippen LogP contribution in [0.1, 0.15) is 27.7 Å². The summed E-state index contributed by atoms with van der Waals surface area (Å²) < 4.78 is 35.2. The van der Waals surface area contributed by atoms with Gasteiger partial charge >= 0.3 is 0 Å². The third kappa shape index (κ3) is 2.57. The smallest absolute Gasteiger partial charge is 0.288 e. The summed E-state index contributed by atoms with van der Waals surface area (Å²) in [5.74, 6) is -0.0706. The number of amides is 1. The number of hydrogen-bond donors (Lipinski definition) is 1. The van der Waals surface area contributed by atoms with Crippen LogP contribution in [0.2, 0.25) is 0 Å². The Balaban J connectivity index is 1.96. The minimum absolute atomic E-state index is 0.0627. The van der Waals surface area contributed by atoms with E-state index in [9.17, 15) is 14.0 Å². The van der Waals surface area contributed by atoms with E-state index in [0.29, 0.717) is 22.8 Å². The van der Waals surface area contributed by atoms with E-state index >= 15 is 0 Å². The number of ether oxygens (including phenoxy) is 3. The average molecular weight is 385 g/mol. The molecule has 0 radical (unpaired) electrons. The fraction of sp³-hybridized carbons (Fsp3) is 0.200. The molecule has 144 valence electrons. The zero-order valence-electron chi connectivity index (χ0n) is 15.3. The van der Waals surface area contributed by atoms with Crippen molar-refractivity contribution in [3.05, 3.63) is 63.3 Å². The van der Waals surface area contributed by atoms with E-state index < -0.39 is 23.2 Å². The summed E-state index contributed by atoms with van der Waals surface area (Å²) in [6, 6.07) is 6.05. The summed E-state index contributed by atoms with van der Waals surface area (Å²) >= 11 is 0. The minimum atomic E-state index is -0.805. The molecule has 1 unspecified atom stereocenters. The maximum absolute atomic E-state index is 13.6. The highest BCUT2D eigenvalue weighted by Gasteiger charge is 2.37. The van der Waals surface area contributed by atoms with Gasteiger partial charge in [0.25, 0.3) is 5.91 Å². The van der Waals surface area contributed by atoms with Crippen molar-refractivity contribution in [3.63, 3.8) is 0 Å². The molecule has 1 atom stereocenters. The standard InChI is InChI=1S/C20H16FNO6/c1-25-13-6-9(7-14(26-2)18(13)27-3)16-15-17(23)11-8-10(21)4-5-12(11)28-19(15)20(24)22-16/h4-8,16H,1-3H3,(H,22,24). The van der Waals surface area contributed by atoms with Gasteiger partial charge in [-0.3, -0.25) is 9.59 Å². The van der Waals surface area contributed by atoms with Crippen LogP contribution in [0.15, 0.2) is 39.5 Å². The number of carbonyl (C=O) groups is 1. The van der Waals surface area contributed by atoms with Gasteiger partial charge in [0.15, 0.2) is 16.9 Å². The van der Waals surface area contributed by atoms with Crippen molar-refractivity contribution in [2.24, 2.45) is 0 Å². The fourth-order valence-corrected chi connectivity index (χ4v) is 3.40. The summed E-state index contributed by atoms with van der Waals surface area (Å²) in [6.45, 7) is 0. The molecule has 28 heavy (non-hydrogen) atoms. The predicted molar refractivity (Wildman–Crippen MR) is 97.8 cm³/mol. The topological polar surface area (TPSA) is 87.0 Å². The Hall–Kier alpha value is -3.55. The van der Waals surface area contributed by atoms with E-state index in [-0.39, 0.29) is 22.3 Å². The van der Waals surface area contributed by atoms with E-state index in [1.165, 1.54) is 33.5 Å². The molecule has 0 fully saturated rings. The van der Waals surface area contributed by atoms with Gasteiger partial charge in [-0.1, -0.05) is 0 Å². The SMILES string of the molecule is COc1cc(C2NC(=O)c3oc4ccc(F)cc4c(=O)c32)cc(OC)c1OC. The Labute approximate surface area is 158 Å². The van der Waals surface area contributed by atoms with E-state index in [0.717, 1.165) is 6.07 Å². The van der Waals surface area contributed by atoms with Crippen LogP contribution in [0.25, 0.3) is 11.0 Å².